The topological polar surface area (TPSA) is 148 Å². The van der Waals surface area contributed by atoms with E-state index in [1.807, 2.05) is 0 Å². The monoisotopic (exact) mass is 494 g/mol. The zero-order chi connectivity index (χ0) is 25.0. The number of rotatable bonds is 9. The summed E-state index contributed by atoms with van der Waals surface area (Å²) in [4.78, 5) is 36.3. The summed E-state index contributed by atoms with van der Waals surface area (Å²) >= 11 is 0. The first kappa shape index (κ1) is 25.2. The number of hydrogen-bond donors (Lipinski definition) is 2. The van der Waals surface area contributed by atoms with Gasteiger partial charge in [-0.3, -0.25) is 19.7 Å². The Labute approximate surface area is 195 Å². The van der Waals surface area contributed by atoms with Gasteiger partial charge in [0, 0.05) is 37.9 Å². The molecule has 1 fully saturated rings. The molecule has 1 saturated heterocycles. The fourth-order valence-corrected chi connectivity index (χ4v) is 4.75. The molecule has 0 spiro atoms. The van der Waals surface area contributed by atoms with Crippen LogP contribution in [0.3, 0.4) is 0 Å². The van der Waals surface area contributed by atoms with Gasteiger partial charge in [-0.15, -0.1) is 0 Å². The molecule has 0 aliphatic carbocycles. The molecule has 11 nitrogen and oxygen atoms in total. The summed E-state index contributed by atoms with van der Waals surface area (Å²) in [6.45, 7) is 1.82. The molecule has 1 heterocycles. The lowest BCUT2D eigenvalue weighted by Gasteiger charge is -2.17. The minimum Gasteiger partial charge on any atom is -0.383 e. The van der Waals surface area contributed by atoms with Gasteiger partial charge in [0.15, 0.2) is 0 Å². The van der Waals surface area contributed by atoms with Crippen molar-refractivity contribution in [1.29, 1.82) is 0 Å². The van der Waals surface area contributed by atoms with E-state index >= 15 is 0 Å². The minimum absolute atomic E-state index is 0.00794. The van der Waals surface area contributed by atoms with Crippen LogP contribution in [0.2, 0.25) is 0 Å². The molecule has 2 aromatic carbocycles. The predicted molar refractivity (Wildman–Crippen MR) is 120 cm³/mol. The number of halogens is 1. The van der Waals surface area contributed by atoms with Crippen LogP contribution in [-0.4, -0.2) is 51.5 Å². The van der Waals surface area contributed by atoms with Crippen molar-refractivity contribution in [1.82, 2.24) is 4.72 Å². The summed E-state index contributed by atoms with van der Waals surface area (Å²) < 4.78 is 45.8. The molecule has 3 rings (SSSR count). The van der Waals surface area contributed by atoms with E-state index < -0.39 is 50.2 Å². The first-order valence-electron chi connectivity index (χ1n) is 10.2. The summed E-state index contributed by atoms with van der Waals surface area (Å²) in [5.41, 5.74) is -0.310. The highest BCUT2D eigenvalue weighted by Gasteiger charge is 2.36. The number of methoxy groups -OCH3 is 1. The maximum absolute atomic E-state index is 13.6. The van der Waals surface area contributed by atoms with Crippen molar-refractivity contribution in [2.75, 3.05) is 30.5 Å². The van der Waals surface area contributed by atoms with Gasteiger partial charge in [0.2, 0.25) is 27.7 Å². The third kappa shape index (κ3) is 5.73. The van der Waals surface area contributed by atoms with E-state index in [-0.39, 0.29) is 30.2 Å². The lowest BCUT2D eigenvalue weighted by molar-refractivity contribution is -0.387. The third-order valence-corrected chi connectivity index (χ3v) is 6.74. The average molecular weight is 495 g/mol. The van der Waals surface area contributed by atoms with Crippen LogP contribution >= 0.6 is 0 Å². The van der Waals surface area contributed by atoms with Crippen LogP contribution in [0.4, 0.5) is 21.5 Å². The molecule has 1 aliphatic rings. The molecule has 2 N–H and O–H groups in total. The number of ether oxygens (including phenoxy) is 1. The Balaban J connectivity index is 1.66. The number of nitrogens with zero attached hydrogens (tertiary/aromatic N) is 2. The van der Waals surface area contributed by atoms with Crippen LogP contribution in [0.5, 0.6) is 0 Å². The Morgan fingerprint density at radius 3 is 2.59 bits per heavy atom. The maximum Gasteiger partial charge on any atom is 0.306 e. The molecule has 0 radical (unpaired) electrons. The Bertz CT molecular complexity index is 1200. The average Bonchev–Trinajstić information content (AvgIpc) is 3.16. The summed E-state index contributed by atoms with van der Waals surface area (Å²) in [6, 6.07) is 8.17. The van der Waals surface area contributed by atoms with Crippen molar-refractivity contribution >= 4 is 38.9 Å². The number of sulfonamides is 1. The van der Waals surface area contributed by atoms with Gasteiger partial charge in [0.05, 0.1) is 28.0 Å². The molecule has 0 aromatic heterocycles. The quantitative estimate of drug-likeness (QED) is 0.400. The van der Waals surface area contributed by atoms with Crippen LogP contribution in [0.15, 0.2) is 47.4 Å². The highest BCUT2D eigenvalue weighted by molar-refractivity contribution is 7.89. The molecular formula is C21H23FN4O7S. The molecule has 2 aromatic rings. The fourth-order valence-electron chi connectivity index (χ4n) is 3.52. The van der Waals surface area contributed by atoms with E-state index in [0.29, 0.717) is 5.69 Å². The molecule has 2 atom stereocenters. The second kappa shape index (κ2) is 10.2. The number of amides is 2. The maximum atomic E-state index is 13.6. The van der Waals surface area contributed by atoms with E-state index in [0.717, 1.165) is 12.1 Å². The molecule has 0 saturated carbocycles. The molecule has 13 heteroatoms. The number of nitro groups is 1. The van der Waals surface area contributed by atoms with Gasteiger partial charge >= 0.3 is 5.69 Å². The van der Waals surface area contributed by atoms with Crippen LogP contribution < -0.4 is 14.9 Å². The normalized spacial score (nSPS) is 17.0. The Hall–Kier alpha value is -3.42. The van der Waals surface area contributed by atoms with Crippen molar-refractivity contribution in [2.24, 2.45) is 5.92 Å². The highest BCUT2D eigenvalue weighted by Crippen LogP contribution is 2.30. The van der Waals surface area contributed by atoms with Crippen molar-refractivity contribution in [3.05, 3.63) is 58.4 Å². The van der Waals surface area contributed by atoms with Gasteiger partial charge in [0.25, 0.3) is 0 Å². The number of carbonyl (C=O) groups excluding carboxylic acids is 2. The first-order chi connectivity index (χ1) is 16.0. The summed E-state index contributed by atoms with van der Waals surface area (Å²) in [5, 5.41) is 13.6. The van der Waals surface area contributed by atoms with Crippen molar-refractivity contribution in [3.63, 3.8) is 0 Å². The molecule has 182 valence electrons. The first-order valence-corrected chi connectivity index (χ1v) is 11.7. The molecule has 0 bridgehead atoms. The van der Waals surface area contributed by atoms with Gasteiger partial charge < -0.3 is 15.0 Å². The van der Waals surface area contributed by atoms with E-state index in [1.54, 1.807) is 6.92 Å². The lowest BCUT2D eigenvalue weighted by Crippen LogP contribution is -2.35. The van der Waals surface area contributed by atoms with Crippen LogP contribution in [-0.2, 0) is 24.3 Å². The molecule has 2 unspecified atom stereocenters. The number of benzene rings is 2. The largest absolute Gasteiger partial charge is 0.383 e. The SMILES string of the molecule is COCC(C)NS(=O)(=O)c1ccc(NC(=O)C2CC(=O)N(c3ccc(F)c([N+](=O)[O-])c3)C2)cc1. The van der Waals surface area contributed by atoms with E-state index in [1.165, 1.54) is 42.3 Å². The van der Waals surface area contributed by atoms with Crippen molar-refractivity contribution in [2.45, 2.75) is 24.3 Å². The lowest BCUT2D eigenvalue weighted by atomic mass is 10.1. The summed E-state index contributed by atoms with van der Waals surface area (Å²) in [6.07, 6.45) is -0.134. The van der Waals surface area contributed by atoms with Crippen LogP contribution in [0.25, 0.3) is 0 Å². The number of nitrogens with one attached hydrogen (secondary N) is 2. The highest BCUT2D eigenvalue weighted by atomic mass is 32.2. The summed E-state index contributed by atoms with van der Waals surface area (Å²) in [5.74, 6) is -2.69. The Morgan fingerprint density at radius 2 is 1.97 bits per heavy atom. The zero-order valence-corrected chi connectivity index (χ0v) is 19.2. The Morgan fingerprint density at radius 1 is 1.29 bits per heavy atom. The third-order valence-electron chi connectivity index (χ3n) is 5.14. The van der Waals surface area contributed by atoms with E-state index in [9.17, 15) is 32.5 Å². The predicted octanol–water partition coefficient (Wildman–Crippen LogP) is 2.04. The van der Waals surface area contributed by atoms with Crippen molar-refractivity contribution in [3.8, 4) is 0 Å². The molecule has 34 heavy (non-hydrogen) atoms. The number of carbonyl (C=O) groups is 2. The Kier molecular flexibility index (Phi) is 7.59. The van der Waals surface area contributed by atoms with Crippen LogP contribution in [0, 0.1) is 21.8 Å². The molecule has 2 amide bonds. The number of hydrogen-bond acceptors (Lipinski definition) is 7. The zero-order valence-electron chi connectivity index (χ0n) is 18.4. The number of anilines is 2. The minimum atomic E-state index is -3.77. The van der Waals surface area contributed by atoms with Gasteiger partial charge in [-0.2, -0.15) is 4.39 Å². The van der Waals surface area contributed by atoms with Gasteiger partial charge in [0.1, 0.15) is 0 Å². The van der Waals surface area contributed by atoms with Gasteiger partial charge in [-0.1, -0.05) is 0 Å². The fraction of sp³-hybridized carbons (Fsp3) is 0.333. The van der Waals surface area contributed by atoms with E-state index in [2.05, 4.69) is 10.0 Å². The molecule has 1 aliphatic heterocycles. The van der Waals surface area contributed by atoms with Gasteiger partial charge in [-0.05, 0) is 43.3 Å². The second-order valence-corrected chi connectivity index (χ2v) is 9.50. The summed E-state index contributed by atoms with van der Waals surface area (Å²) in [7, 11) is -2.31. The smallest absolute Gasteiger partial charge is 0.306 e. The standard InChI is InChI=1S/C21H23FN4O7S/c1-13(12-33-2)24-34(31,32)17-6-3-15(4-7-17)23-21(28)14-9-20(27)25(11-14)16-5-8-18(22)19(10-16)26(29)30/h3-8,10,13-14,24H,9,11-12H2,1-2H3,(H,23,28). The van der Waals surface area contributed by atoms with Crippen molar-refractivity contribution < 1.29 is 32.1 Å². The second-order valence-electron chi connectivity index (χ2n) is 7.79. The van der Waals surface area contributed by atoms with Crippen LogP contribution in [0.1, 0.15) is 13.3 Å². The molecular weight excluding hydrogens is 471 g/mol. The van der Waals surface area contributed by atoms with Gasteiger partial charge in [-0.25, -0.2) is 13.1 Å². The number of nitro benzene ring substituents is 1. The van der Waals surface area contributed by atoms with E-state index in [4.69, 9.17) is 4.74 Å².